The zero-order valence-electron chi connectivity index (χ0n) is 12.5. The molecular formula is C17H21FN2O. The molecule has 0 radical (unpaired) electrons. The summed E-state index contributed by atoms with van der Waals surface area (Å²) in [5.41, 5.74) is 5.94. The van der Waals surface area contributed by atoms with E-state index in [0.29, 0.717) is 24.1 Å². The number of amides is 1. The second-order valence-electron chi connectivity index (χ2n) is 5.78. The lowest BCUT2D eigenvalue weighted by atomic mass is 10.1. The van der Waals surface area contributed by atoms with Crippen LogP contribution in [0.4, 0.5) is 4.39 Å². The predicted molar refractivity (Wildman–Crippen MR) is 81.2 cm³/mol. The topological polar surface area (TPSA) is 46.3 Å². The Kier molecular flexibility index (Phi) is 4.98. The molecule has 1 fully saturated rings. The van der Waals surface area contributed by atoms with Crippen molar-refractivity contribution in [1.82, 2.24) is 4.90 Å². The monoisotopic (exact) mass is 288 g/mol. The van der Waals surface area contributed by atoms with Crippen LogP contribution in [0.2, 0.25) is 0 Å². The second-order valence-corrected chi connectivity index (χ2v) is 5.78. The lowest BCUT2D eigenvalue weighted by molar-refractivity contribution is 0.0722. The maximum absolute atomic E-state index is 14.0. The molecule has 1 amide bonds. The number of hydrogen-bond acceptors (Lipinski definition) is 2. The molecule has 3 nitrogen and oxygen atoms in total. The predicted octanol–water partition coefficient (Wildman–Crippen LogP) is 2.40. The molecular weight excluding hydrogens is 267 g/mol. The summed E-state index contributed by atoms with van der Waals surface area (Å²) in [5, 5.41) is 0. The molecule has 4 heteroatoms. The zero-order valence-corrected chi connectivity index (χ0v) is 12.5. The molecule has 0 atom stereocenters. The minimum Gasteiger partial charge on any atom is -0.335 e. The van der Waals surface area contributed by atoms with E-state index in [1.54, 1.807) is 12.1 Å². The molecule has 21 heavy (non-hydrogen) atoms. The van der Waals surface area contributed by atoms with Crippen LogP contribution in [0.15, 0.2) is 18.2 Å². The summed E-state index contributed by atoms with van der Waals surface area (Å²) in [6.07, 6.45) is 2.09. The van der Waals surface area contributed by atoms with E-state index in [-0.39, 0.29) is 18.0 Å². The van der Waals surface area contributed by atoms with Crippen molar-refractivity contribution in [2.45, 2.75) is 32.7 Å². The van der Waals surface area contributed by atoms with Crippen LogP contribution in [0.25, 0.3) is 0 Å². The molecule has 112 valence electrons. The number of halogens is 1. The van der Waals surface area contributed by atoms with Crippen LogP contribution in [-0.4, -0.2) is 29.9 Å². The number of carbonyl (C=O) groups excluding carboxylic acids is 1. The van der Waals surface area contributed by atoms with Gasteiger partial charge in [-0.1, -0.05) is 25.7 Å². The van der Waals surface area contributed by atoms with Gasteiger partial charge < -0.3 is 10.6 Å². The summed E-state index contributed by atoms with van der Waals surface area (Å²) in [5.74, 6) is 5.11. The van der Waals surface area contributed by atoms with Crippen LogP contribution in [0.1, 0.15) is 42.6 Å². The molecule has 0 spiro atoms. The van der Waals surface area contributed by atoms with Gasteiger partial charge in [-0.25, -0.2) is 4.39 Å². The van der Waals surface area contributed by atoms with Crippen molar-refractivity contribution >= 4 is 5.91 Å². The zero-order chi connectivity index (χ0) is 15.4. The molecule has 2 N–H and O–H groups in total. The molecule has 0 saturated heterocycles. The lowest BCUT2D eigenvalue weighted by Gasteiger charge is -2.24. The van der Waals surface area contributed by atoms with E-state index in [9.17, 15) is 9.18 Å². The Morgan fingerprint density at radius 3 is 2.71 bits per heavy atom. The maximum atomic E-state index is 14.0. The quantitative estimate of drug-likeness (QED) is 0.865. The average Bonchev–Trinajstić information content (AvgIpc) is 3.27. The van der Waals surface area contributed by atoms with Gasteiger partial charge in [-0.15, -0.1) is 0 Å². The summed E-state index contributed by atoms with van der Waals surface area (Å²) in [4.78, 5) is 14.4. The van der Waals surface area contributed by atoms with Gasteiger partial charge in [0.2, 0.25) is 0 Å². The number of benzene rings is 1. The average molecular weight is 288 g/mol. The molecule has 0 unspecified atom stereocenters. The summed E-state index contributed by atoms with van der Waals surface area (Å²) >= 11 is 0. The Labute approximate surface area is 125 Å². The van der Waals surface area contributed by atoms with Crippen molar-refractivity contribution in [2.24, 2.45) is 11.7 Å². The highest BCUT2D eigenvalue weighted by molar-refractivity contribution is 5.94. The smallest absolute Gasteiger partial charge is 0.254 e. The van der Waals surface area contributed by atoms with Crippen LogP contribution in [-0.2, 0) is 0 Å². The van der Waals surface area contributed by atoms with Crippen molar-refractivity contribution in [1.29, 1.82) is 0 Å². The molecule has 2 rings (SSSR count). The van der Waals surface area contributed by atoms with Gasteiger partial charge in [0.1, 0.15) is 5.82 Å². The van der Waals surface area contributed by atoms with E-state index >= 15 is 0 Å². The first-order valence-electron chi connectivity index (χ1n) is 7.32. The van der Waals surface area contributed by atoms with E-state index in [1.807, 2.05) is 4.90 Å². The Bertz CT molecular complexity index is 582. The highest BCUT2D eigenvalue weighted by atomic mass is 19.1. The van der Waals surface area contributed by atoms with Crippen molar-refractivity contribution < 1.29 is 9.18 Å². The molecule has 0 aromatic heterocycles. The molecule has 0 aliphatic heterocycles. The minimum atomic E-state index is -0.470. The SMILES string of the molecule is CC(C)CN(C(=O)c1ccc(C#CCN)c(F)c1)C1CC1. The van der Waals surface area contributed by atoms with Crippen LogP contribution in [0.3, 0.4) is 0 Å². The molecule has 1 aromatic carbocycles. The normalized spacial score (nSPS) is 13.8. The number of nitrogens with zero attached hydrogens (tertiary/aromatic N) is 1. The van der Waals surface area contributed by atoms with Gasteiger partial charge in [-0.2, -0.15) is 0 Å². The van der Waals surface area contributed by atoms with Gasteiger partial charge in [-0.05, 0) is 37.0 Å². The van der Waals surface area contributed by atoms with Crippen LogP contribution in [0, 0.1) is 23.6 Å². The summed E-state index contributed by atoms with van der Waals surface area (Å²) in [6.45, 7) is 5.05. The maximum Gasteiger partial charge on any atom is 0.254 e. The first-order valence-corrected chi connectivity index (χ1v) is 7.32. The number of carbonyl (C=O) groups is 1. The van der Waals surface area contributed by atoms with Gasteiger partial charge >= 0.3 is 0 Å². The van der Waals surface area contributed by atoms with Crippen molar-refractivity contribution in [3.05, 3.63) is 35.1 Å². The highest BCUT2D eigenvalue weighted by Gasteiger charge is 2.33. The fourth-order valence-electron chi connectivity index (χ4n) is 2.24. The van der Waals surface area contributed by atoms with E-state index in [1.165, 1.54) is 6.07 Å². The van der Waals surface area contributed by atoms with Crippen molar-refractivity contribution in [3.63, 3.8) is 0 Å². The second kappa shape index (κ2) is 6.73. The summed E-state index contributed by atoms with van der Waals surface area (Å²) < 4.78 is 14.0. The minimum absolute atomic E-state index is 0.0940. The van der Waals surface area contributed by atoms with Gasteiger partial charge in [0.05, 0.1) is 12.1 Å². The van der Waals surface area contributed by atoms with Crippen LogP contribution in [0.5, 0.6) is 0 Å². The first kappa shape index (κ1) is 15.5. The van der Waals surface area contributed by atoms with Gasteiger partial charge in [0.15, 0.2) is 0 Å². The Balaban J connectivity index is 2.20. The third-order valence-corrected chi connectivity index (χ3v) is 3.35. The van der Waals surface area contributed by atoms with Crippen LogP contribution >= 0.6 is 0 Å². The number of hydrogen-bond donors (Lipinski definition) is 1. The van der Waals surface area contributed by atoms with E-state index in [0.717, 1.165) is 12.8 Å². The molecule has 1 aliphatic rings. The largest absolute Gasteiger partial charge is 0.335 e. The van der Waals surface area contributed by atoms with E-state index in [2.05, 4.69) is 25.7 Å². The number of nitrogens with two attached hydrogens (primary N) is 1. The fourth-order valence-corrected chi connectivity index (χ4v) is 2.24. The third kappa shape index (κ3) is 4.05. The van der Waals surface area contributed by atoms with Gasteiger partial charge in [-0.3, -0.25) is 4.79 Å². The standard InChI is InChI=1S/C17H21FN2O/c1-12(2)11-20(15-7-8-15)17(21)14-6-5-13(4-3-9-19)16(18)10-14/h5-6,10,12,15H,7-9,11,19H2,1-2H3. The summed E-state index contributed by atoms with van der Waals surface area (Å²) in [7, 11) is 0. The molecule has 1 aliphatic carbocycles. The fraction of sp³-hybridized carbons (Fsp3) is 0.471. The Hall–Kier alpha value is -1.86. The van der Waals surface area contributed by atoms with Crippen molar-refractivity contribution in [3.8, 4) is 11.8 Å². The molecule has 0 heterocycles. The lowest BCUT2D eigenvalue weighted by Crippen LogP contribution is -2.36. The van der Waals surface area contributed by atoms with Gasteiger partial charge in [0, 0.05) is 18.2 Å². The van der Waals surface area contributed by atoms with Crippen molar-refractivity contribution in [2.75, 3.05) is 13.1 Å². The number of rotatable bonds is 4. The van der Waals surface area contributed by atoms with E-state index < -0.39 is 5.82 Å². The molecule has 1 saturated carbocycles. The van der Waals surface area contributed by atoms with Gasteiger partial charge in [0.25, 0.3) is 5.91 Å². The molecule has 0 bridgehead atoms. The Morgan fingerprint density at radius 2 is 2.19 bits per heavy atom. The third-order valence-electron chi connectivity index (χ3n) is 3.35. The Morgan fingerprint density at radius 1 is 1.48 bits per heavy atom. The van der Waals surface area contributed by atoms with E-state index in [4.69, 9.17) is 5.73 Å². The molecule has 1 aromatic rings. The van der Waals surface area contributed by atoms with Crippen LogP contribution < -0.4 is 5.73 Å². The first-order chi connectivity index (χ1) is 10.0. The summed E-state index contributed by atoms with van der Waals surface area (Å²) in [6, 6.07) is 4.78. The highest BCUT2D eigenvalue weighted by Crippen LogP contribution is 2.29.